The first-order valence-electron chi connectivity index (χ1n) is 15.5. The number of hydrogen-bond donors (Lipinski definition) is 4. The van der Waals surface area contributed by atoms with Gasteiger partial charge in [-0.15, -0.1) is 0 Å². The number of para-hydroxylation sites is 2. The molecule has 5 rings (SSSR count). The maximum atomic E-state index is 11.0. The predicted molar refractivity (Wildman–Crippen MR) is 180 cm³/mol. The van der Waals surface area contributed by atoms with Crippen LogP contribution in [0.1, 0.15) is 50.9 Å². The van der Waals surface area contributed by atoms with Crippen LogP contribution in [0, 0.1) is 13.8 Å². The molecule has 0 radical (unpaired) electrons. The summed E-state index contributed by atoms with van der Waals surface area (Å²) in [5, 5.41) is 28.8. The molecule has 0 saturated carbocycles. The summed E-state index contributed by atoms with van der Waals surface area (Å²) in [7, 11) is 0. The molecule has 234 valence electrons. The van der Waals surface area contributed by atoms with Crippen LogP contribution in [0.4, 0.5) is 0 Å². The van der Waals surface area contributed by atoms with Gasteiger partial charge in [0.1, 0.15) is 36.2 Å². The van der Waals surface area contributed by atoms with E-state index in [2.05, 4.69) is 20.6 Å². The van der Waals surface area contributed by atoms with Crippen LogP contribution in [0.5, 0.6) is 23.0 Å². The van der Waals surface area contributed by atoms with Crippen molar-refractivity contribution in [1.82, 2.24) is 10.6 Å². The summed E-state index contributed by atoms with van der Waals surface area (Å²) >= 11 is 0. The van der Waals surface area contributed by atoms with E-state index >= 15 is 0 Å². The fourth-order valence-electron chi connectivity index (χ4n) is 5.36. The number of fused-ring (bicyclic) bond motifs is 6. The van der Waals surface area contributed by atoms with Gasteiger partial charge in [-0.05, 0) is 55.7 Å². The minimum Gasteiger partial charge on any atom is -0.507 e. The number of benzene rings is 4. The first-order chi connectivity index (χ1) is 22.0. The van der Waals surface area contributed by atoms with Crippen molar-refractivity contribution in [2.45, 2.75) is 46.4 Å². The number of rotatable bonds is 0. The summed E-state index contributed by atoms with van der Waals surface area (Å²) in [6, 6.07) is 23.8. The number of nitrogens with zero attached hydrogens (tertiary/aromatic N) is 2. The van der Waals surface area contributed by atoms with E-state index in [0.29, 0.717) is 63.6 Å². The van der Waals surface area contributed by atoms with Crippen LogP contribution < -0.4 is 20.1 Å². The lowest BCUT2D eigenvalue weighted by Crippen LogP contribution is -2.16. The second-order valence-corrected chi connectivity index (χ2v) is 11.3. The number of aliphatic imine (C=N–C) groups is 2. The van der Waals surface area contributed by atoms with Gasteiger partial charge in [0.25, 0.3) is 0 Å². The molecule has 8 heteroatoms. The standard InChI is InChI=1S/C37H42N4O4/c1-26-16-30-22-38-12-7-13-39-23-31-17-27(2)19-33(37(31)43)25-41-21-29-9-4-6-11-35(29)45-15-14-44-34-10-5-3-8-28(34)20-40-24-32(18-26)36(30)42/h3-6,8-11,16-19,22-23,40-43H,7,12-15,20-21,24-25H2,1-2H3. The average Bonchev–Trinajstić information content (AvgIpc) is 3.03. The average molecular weight is 607 g/mol. The molecule has 4 aromatic rings. The number of phenolic OH excluding ortho intramolecular Hbond substituents is 2. The smallest absolute Gasteiger partial charge is 0.128 e. The second kappa shape index (κ2) is 15.9. The maximum absolute atomic E-state index is 11.0. The summed E-state index contributed by atoms with van der Waals surface area (Å²) in [5.74, 6) is 2.05. The van der Waals surface area contributed by atoms with Crippen LogP contribution in [-0.2, 0) is 26.2 Å². The van der Waals surface area contributed by atoms with Crippen molar-refractivity contribution in [3.8, 4) is 23.0 Å². The molecule has 45 heavy (non-hydrogen) atoms. The Labute approximate surface area is 265 Å². The maximum Gasteiger partial charge on any atom is 0.128 e. The van der Waals surface area contributed by atoms with Gasteiger partial charge in [-0.1, -0.05) is 48.5 Å². The molecule has 0 atom stereocenters. The molecule has 0 amide bonds. The molecule has 1 aliphatic heterocycles. The summed E-state index contributed by atoms with van der Waals surface area (Å²) < 4.78 is 12.2. The number of hydrogen-bond acceptors (Lipinski definition) is 8. The Balaban J connectivity index is 1.35. The number of aryl methyl sites for hydroxylation is 2. The molecular formula is C37H42N4O4. The van der Waals surface area contributed by atoms with Crippen LogP contribution in [0.2, 0.25) is 0 Å². The lowest BCUT2D eigenvalue weighted by molar-refractivity contribution is 0.214. The van der Waals surface area contributed by atoms with Gasteiger partial charge in [-0.3, -0.25) is 9.98 Å². The topological polar surface area (TPSA) is 108 Å². The van der Waals surface area contributed by atoms with E-state index in [0.717, 1.165) is 51.3 Å². The number of phenols is 2. The zero-order chi connectivity index (χ0) is 31.4. The fraction of sp³-hybridized carbons (Fsp3) is 0.297. The molecule has 0 aromatic heterocycles. The minimum atomic E-state index is 0.231. The van der Waals surface area contributed by atoms with E-state index in [1.54, 1.807) is 12.4 Å². The largest absolute Gasteiger partial charge is 0.507 e. The number of aromatic hydroxyl groups is 2. The third-order valence-electron chi connectivity index (χ3n) is 7.57. The predicted octanol–water partition coefficient (Wildman–Crippen LogP) is 5.99. The van der Waals surface area contributed by atoms with Crippen LogP contribution in [0.25, 0.3) is 0 Å². The minimum absolute atomic E-state index is 0.231. The third-order valence-corrected chi connectivity index (χ3v) is 7.57. The van der Waals surface area contributed by atoms with Gasteiger partial charge in [-0.25, -0.2) is 0 Å². The molecule has 1 aliphatic rings. The van der Waals surface area contributed by atoms with E-state index in [1.807, 2.05) is 86.6 Å². The highest BCUT2D eigenvalue weighted by Crippen LogP contribution is 2.26. The molecule has 0 spiro atoms. The Morgan fingerprint density at radius 3 is 1.47 bits per heavy atom. The molecule has 0 aliphatic carbocycles. The number of nitrogens with one attached hydrogen (secondary N) is 2. The van der Waals surface area contributed by atoms with E-state index in [-0.39, 0.29) is 11.5 Å². The van der Waals surface area contributed by atoms with E-state index in [1.165, 1.54) is 0 Å². The van der Waals surface area contributed by atoms with Gasteiger partial charge in [-0.2, -0.15) is 0 Å². The molecule has 4 aromatic carbocycles. The van der Waals surface area contributed by atoms with Gasteiger partial charge in [0, 0.05) is 85.1 Å². The van der Waals surface area contributed by atoms with Crippen molar-refractivity contribution < 1.29 is 19.7 Å². The molecule has 4 N–H and O–H groups in total. The second-order valence-electron chi connectivity index (χ2n) is 11.3. The van der Waals surface area contributed by atoms with Crippen LogP contribution in [-0.4, -0.2) is 48.9 Å². The van der Waals surface area contributed by atoms with Crippen molar-refractivity contribution in [3.63, 3.8) is 0 Å². The Bertz CT molecular complexity index is 1530. The van der Waals surface area contributed by atoms with Gasteiger partial charge >= 0.3 is 0 Å². The Kier molecular flexibility index (Phi) is 11.2. The van der Waals surface area contributed by atoms with E-state index in [4.69, 9.17) is 9.47 Å². The quantitative estimate of drug-likeness (QED) is 0.196. The highest BCUT2D eigenvalue weighted by molar-refractivity contribution is 5.85. The summed E-state index contributed by atoms with van der Waals surface area (Å²) in [4.78, 5) is 9.08. The molecule has 0 unspecified atom stereocenters. The zero-order valence-electron chi connectivity index (χ0n) is 26.1. The first kappa shape index (κ1) is 31.8. The van der Waals surface area contributed by atoms with Crippen molar-refractivity contribution in [2.24, 2.45) is 9.98 Å². The van der Waals surface area contributed by atoms with E-state index < -0.39 is 0 Å². The normalized spacial score (nSPS) is 15.2. The van der Waals surface area contributed by atoms with Crippen molar-refractivity contribution in [2.75, 3.05) is 26.3 Å². The van der Waals surface area contributed by atoms with Gasteiger partial charge < -0.3 is 30.3 Å². The van der Waals surface area contributed by atoms with Crippen LogP contribution in [0.3, 0.4) is 0 Å². The van der Waals surface area contributed by atoms with Crippen molar-refractivity contribution in [3.05, 3.63) is 117 Å². The van der Waals surface area contributed by atoms with Crippen molar-refractivity contribution >= 4 is 12.4 Å². The zero-order valence-corrected chi connectivity index (χ0v) is 26.1. The van der Waals surface area contributed by atoms with Crippen LogP contribution in [0.15, 0.2) is 82.8 Å². The third kappa shape index (κ3) is 8.94. The first-order valence-corrected chi connectivity index (χ1v) is 15.5. The Morgan fingerprint density at radius 1 is 0.578 bits per heavy atom. The molecule has 1 heterocycles. The van der Waals surface area contributed by atoms with Gasteiger partial charge in [0.15, 0.2) is 0 Å². The summed E-state index contributed by atoms with van der Waals surface area (Å²) in [6.07, 6.45) is 4.21. The molecule has 4 bridgehead atoms. The highest BCUT2D eigenvalue weighted by atomic mass is 16.5. The lowest BCUT2D eigenvalue weighted by atomic mass is 10.0. The fourth-order valence-corrected chi connectivity index (χ4v) is 5.36. The summed E-state index contributed by atoms with van der Waals surface area (Å²) in [5.41, 5.74) is 7.19. The lowest BCUT2D eigenvalue weighted by Gasteiger charge is -2.15. The molecule has 8 nitrogen and oxygen atoms in total. The number of ether oxygens (including phenoxy) is 2. The SMILES string of the molecule is Cc1cc2c(O)c(c1)CNCc1ccccc1OCCOc1ccccc1CNCc1cc(C)cc(c1O)C=NCCCN=C2. The van der Waals surface area contributed by atoms with Gasteiger partial charge in [0.2, 0.25) is 0 Å². The monoisotopic (exact) mass is 606 g/mol. The Hall–Kier alpha value is -4.66. The summed E-state index contributed by atoms with van der Waals surface area (Å²) in [6.45, 7) is 8.13. The highest BCUT2D eigenvalue weighted by Gasteiger charge is 2.11. The molecular weight excluding hydrogens is 564 g/mol. The van der Waals surface area contributed by atoms with Gasteiger partial charge in [0.05, 0.1) is 0 Å². The molecule has 0 fully saturated rings. The van der Waals surface area contributed by atoms with Crippen LogP contribution >= 0.6 is 0 Å². The molecule has 0 saturated heterocycles. The Morgan fingerprint density at radius 2 is 1.00 bits per heavy atom. The van der Waals surface area contributed by atoms with E-state index in [9.17, 15) is 10.2 Å². The van der Waals surface area contributed by atoms with Crippen molar-refractivity contribution in [1.29, 1.82) is 0 Å².